The zero-order chi connectivity index (χ0) is 18.8. The largest absolute Gasteiger partial charge is 0.399 e. The summed E-state index contributed by atoms with van der Waals surface area (Å²) in [6, 6.07) is 17.2. The molecule has 0 saturated carbocycles. The van der Waals surface area contributed by atoms with Crippen LogP contribution in [-0.2, 0) is 6.54 Å². The molecular weight excluding hydrogens is 338 g/mol. The molecule has 0 aliphatic heterocycles. The van der Waals surface area contributed by atoms with Crippen LogP contribution in [0.15, 0.2) is 54.7 Å². The molecule has 0 spiro atoms. The third kappa shape index (κ3) is 3.16. The lowest BCUT2D eigenvalue weighted by molar-refractivity contribution is 0.704. The monoisotopic (exact) mass is 355 g/mol. The van der Waals surface area contributed by atoms with Crippen LogP contribution in [-0.4, -0.2) is 26.8 Å². The van der Waals surface area contributed by atoms with E-state index in [0.717, 1.165) is 33.5 Å². The van der Waals surface area contributed by atoms with Crippen LogP contribution in [0.5, 0.6) is 0 Å². The average Bonchev–Trinajstić information content (AvgIpc) is 3.11. The Balaban J connectivity index is 1.84. The van der Waals surface area contributed by atoms with Crippen LogP contribution in [0.3, 0.4) is 0 Å². The molecule has 0 bridgehead atoms. The highest BCUT2D eigenvalue weighted by molar-refractivity contribution is 5.91. The number of nitrogens with one attached hydrogen (secondary N) is 1. The third-order valence-corrected chi connectivity index (χ3v) is 4.30. The van der Waals surface area contributed by atoms with E-state index in [4.69, 9.17) is 5.73 Å². The van der Waals surface area contributed by atoms with Crippen LogP contribution in [0, 0.1) is 11.3 Å². The van der Waals surface area contributed by atoms with Crippen molar-refractivity contribution in [2.75, 3.05) is 18.1 Å². The minimum atomic E-state index is 0.499. The number of rotatable bonds is 4. The second kappa shape index (κ2) is 6.77. The molecule has 4 rings (SSSR count). The molecule has 3 N–H and O–H groups in total. The maximum absolute atomic E-state index is 9.19. The maximum atomic E-state index is 9.19. The molecular formula is C20H17N7. The fourth-order valence-electron chi connectivity index (χ4n) is 2.93. The Hall–Kier alpha value is -3.92. The number of hydrogen-bond donors (Lipinski definition) is 2. The second-order valence-electron chi connectivity index (χ2n) is 6.12. The first-order valence-electron chi connectivity index (χ1n) is 8.44. The van der Waals surface area contributed by atoms with E-state index in [1.54, 1.807) is 19.3 Å². The summed E-state index contributed by atoms with van der Waals surface area (Å²) in [5.74, 6) is 0.499. The Bertz CT molecular complexity index is 1150. The number of nitriles is 1. The predicted molar refractivity (Wildman–Crippen MR) is 105 cm³/mol. The quantitative estimate of drug-likeness (QED) is 0.545. The van der Waals surface area contributed by atoms with E-state index in [1.807, 2.05) is 47.1 Å². The van der Waals surface area contributed by atoms with Gasteiger partial charge in [0.15, 0.2) is 5.65 Å². The Morgan fingerprint density at radius 2 is 1.96 bits per heavy atom. The molecule has 2 heterocycles. The van der Waals surface area contributed by atoms with Crippen LogP contribution in [0.25, 0.3) is 22.3 Å². The van der Waals surface area contributed by atoms with Crippen LogP contribution < -0.4 is 11.1 Å². The van der Waals surface area contributed by atoms with Crippen molar-refractivity contribution in [3.63, 3.8) is 0 Å². The molecule has 0 unspecified atom stereocenters. The number of nitrogen functional groups attached to an aromatic ring is 1. The van der Waals surface area contributed by atoms with Gasteiger partial charge >= 0.3 is 0 Å². The van der Waals surface area contributed by atoms with Gasteiger partial charge in [-0.3, -0.25) is 0 Å². The summed E-state index contributed by atoms with van der Waals surface area (Å²) in [7, 11) is 1.78. The molecule has 0 aliphatic carbocycles. The lowest BCUT2D eigenvalue weighted by Crippen LogP contribution is -2.05. The highest BCUT2D eigenvalue weighted by Gasteiger charge is 2.15. The Kier molecular flexibility index (Phi) is 4.15. The number of hydrogen-bond acceptors (Lipinski definition) is 6. The van der Waals surface area contributed by atoms with Crippen molar-refractivity contribution in [3.8, 4) is 17.3 Å². The average molecular weight is 355 g/mol. The molecule has 0 fully saturated rings. The van der Waals surface area contributed by atoms with Crippen molar-refractivity contribution in [1.29, 1.82) is 5.26 Å². The highest BCUT2D eigenvalue weighted by atomic mass is 15.3. The normalized spacial score (nSPS) is 10.7. The van der Waals surface area contributed by atoms with Gasteiger partial charge in [0.25, 0.3) is 0 Å². The first-order valence-corrected chi connectivity index (χ1v) is 8.44. The van der Waals surface area contributed by atoms with Gasteiger partial charge in [0.1, 0.15) is 0 Å². The Morgan fingerprint density at radius 1 is 1.15 bits per heavy atom. The summed E-state index contributed by atoms with van der Waals surface area (Å²) in [6.07, 6.45) is 1.76. The summed E-state index contributed by atoms with van der Waals surface area (Å²) in [6.45, 7) is 0.571. The van der Waals surface area contributed by atoms with Gasteiger partial charge in [0, 0.05) is 18.3 Å². The van der Waals surface area contributed by atoms with E-state index < -0.39 is 0 Å². The van der Waals surface area contributed by atoms with Gasteiger partial charge in [-0.05, 0) is 29.8 Å². The number of aromatic nitrogens is 4. The van der Waals surface area contributed by atoms with Crippen LogP contribution >= 0.6 is 0 Å². The zero-order valence-corrected chi connectivity index (χ0v) is 14.7. The minimum absolute atomic E-state index is 0.499. The number of fused-ring (bicyclic) bond motifs is 1. The van der Waals surface area contributed by atoms with E-state index >= 15 is 0 Å². The van der Waals surface area contributed by atoms with Crippen molar-refractivity contribution >= 4 is 22.7 Å². The topological polar surface area (TPSA) is 105 Å². The Morgan fingerprint density at radius 3 is 2.70 bits per heavy atom. The molecule has 7 heteroatoms. The lowest BCUT2D eigenvalue weighted by atomic mass is 10.1. The van der Waals surface area contributed by atoms with E-state index in [-0.39, 0.29) is 0 Å². The van der Waals surface area contributed by atoms with Crippen molar-refractivity contribution in [3.05, 3.63) is 65.9 Å². The molecule has 27 heavy (non-hydrogen) atoms. The molecule has 0 amide bonds. The molecule has 2 aromatic carbocycles. The number of nitrogens with two attached hydrogens (primary N) is 1. The molecule has 0 radical (unpaired) electrons. The van der Waals surface area contributed by atoms with Crippen molar-refractivity contribution in [2.24, 2.45) is 0 Å². The van der Waals surface area contributed by atoms with Gasteiger partial charge in [-0.1, -0.05) is 24.3 Å². The van der Waals surface area contributed by atoms with Gasteiger partial charge in [-0.15, -0.1) is 0 Å². The smallest absolute Gasteiger partial charge is 0.225 e. The van der Waals surface area contributed by atoms with E-state index in [1.165, 1.54) is 0 Å². The molecule has 2 aromatic heterocycles. The standard InChI is InChI=1S/C20H17N7/c1-23-20-25-18(15-4-2-3-14(9-15)10-21)17-11-24-27(19(17)26-20)12-13-5-7-16(22)8-6-13/h2-9,11H,12,22H2,1H3,(H,23,25,26). The highest BCUT2D eigenvalue weighted by Crippen LogP contribution is 2.28. The van der Waals surface area contributed by atoms with E-state index in [9.17, 15) is 5.26 Å². The fourth-order valence-corrected chi connectivity index (χ4v) is 2.93. The summed E-state index contributed by atoms with van der Waals surface area (Å²) >= 11 is 0. The van der Waals surface area contributed by atoms with Crippen LogP contribution in [0.1, 0.15) is 11.1 Å². The van der Waals surface area contributed by atoms with Crippen LogP contribution in [0.4, 0.5) is 11.6 Å². The van der Waals surface area contributed by atoms with Crippen molar-refractivity contribution in [2.45, 2.75) is 6.54 Å². The lowest BCUT2D eigenvalue weighted by Gasteiger charge is -2.08. The number of nitrogens with zero attached hydrogens (tertiary/aromatic N) is 5. The Labute approximate surface area is 156 Å². The van der Waals surface area contributed by atoms with E-state index in [2.05, 4.69) is 26.5 Å². The number of benzene rings is 2. The van der Waals surface area contributed by atoms with Gasteiger partial charge < -0.3 is 11.1 Å². The number of anilines is 2. The summed E-state index contributed by atoms with van der Waals surface area (Å²) in [5.41, 5.74) is 10.5. The molecule has 0 saturated heterocycles. The fraction of sp³-hybridized carbons (Fsp3) is 0.100. The first-order chi connectivity index (χ1) is 13.2. The van der Waals surface area contributed by atoms with Gasteiger partial charge in [0.05, 0.1) is 35.5 Å². The first kappa shape index (κ1) is 16.5. The van der Waals surface area contributed by atoms with Gasteiger partial charge in [0.2, 0.25) is 5.95 Å². The summed E-state index contributed by atoms with van der Waals surface area (Å²) in [5, 5.41) is 17.5. The summed E-state index contributed by atoms with van der Waals surface area (Å²) < 4.78 is 1.83. The third-order valence-electron chi connectivity index (χ3n) is 4.30. The molecule has 7 nitrogen and oxygen atoms in total. The van der Waals surface area contributed by atoms with Crippen molar-refractivity contribution < 1.29 is 0 Å². The predicted octanol–water partition coefficient (Wildman–Crippen LogP) is 3.04. The van der Waals surface area contributed by atoms with Crippen molar-refractivity contribution in [1.82, 2.24) is 19.7 Å². The molecule has 0 atom stereocenters. The SMILES string of the molecule is CNc1nc(-c2cccc(C#N)c2)c2cnn(Cc3ccc(N)cc3)c2n1. The molecule has 4 aromatic rings. The summed E-state index contributed by atoms with van der Waals surface area (Å²) in [4.78, 5) is 9.18. The molecule has 132 valence electrons. The van der Waals surface area contributed by atoms with Gasteiger partial charge in [-0.25, -0.2) is 9.67 Å². The second-order valence-corrected chi connectivity index (χ2v) is 6.12. The van der Waals surface area contributed by atoms with E-state index in [0.29, 0.717) is 18.1 Å². The van der Waals surface area contributed by atoms with Gasteiger partial charge in [-0.2, -0.15) is 15.3 Å². The minimum Gasteiger partial charge on any atom is -0.399 e. The molecule has 0 aliphatic rings. The zero-order valence-electron chi connectivity index (χ0n) is 14.7. The maximum Gasteiger partial charge on any atom is 0.225 e. The van der Waals surface area contributed by atoms with Crippen LogP contribution in [0.2, 0.25) is 0 Å².